The molecule has 0 radical (unpaired) electrons. The summed E-state index contributed by atoms with van der Waals surface area (Å²) in [6, 6.07) is 60.2. The molecule has 2 aromatic heterocycles. The van der Waals surface area contributed by atoms with Gasteiger partial charge in [-0.3, -0.25) is 0 Å². The predicted molar refractivity (Wildman–Crippen MR) is 213 cm³/mol. The number of benzene rings is 7. The number of hydrogen-bond acceptors (Lipinski definition) is 3. The van der Waals surface area contributed by atoms with Crippen molar-refractivity contribution in [3.05, 3.63) is 181 Å². The van der Waals surface area contributed by atoms with Crippen molar-refractivity contribution in [2.24, 2.45) is 0 Å². The van der Waals surface area contributed by atoms with E-state index in [1.54, 1.807) is 0 Å². The molecule has 0 N–H and O–H groups in total. The third-order valence-corrected chi connectivity index (χ3v) is 10.6. The van der Waals surface area contributed by atoms with E-state index in [9.17, 15) is 0 Å². The van der Waals surface area contributed by atoms with Gasteiger partial charge in [0.1, 0.15) is 0 Å². The Kier molecular flexibility index (Phi) is 6.80. The number of fused-ring (bicyclic) bond motifs is 5. The summed E-state index contributed by atoms with van der Waals surface area (Å²) < 4.78 is 2.47. The Balaban J connectivity index is 1.10. The van der Waals surface area contributed by atoms with Crippen LogP contribution in [-0.4, -0.2) is 19.5 Å². The maximum absolute atomic E-state index is 4.99. The Bertz CT molecular complexity index is 2760. The lowest BCUT2D eigenvalue weighted by Crippen LogP contribution is -2.26. The van der Waals surface area contributed by atoms with E-state index in [4.69, 9.17) is 15.0 Å². The minimum Gasteiger partial charge on any atom is -0.309 e. The molecular weight excluding hydrogens is 633 g/mol. The zero-order valence-corrected chi connectivity index (χ0v) is 29.0. The lowest BCUT2D eigenvalue weighted by atomic mass is 9.74. The predicted octanol–water partition coefficient (Wildman–Crippen LogP) is 11.9. The number of aromatic nitrogens is 4. The van der Waals surface area contributed by atoms with E-state index in [-0.39, 0.29) is 5.41 Å². The Morgan fingerprint density at radius 1 is 0.385 bits per heavy atom. The van der Waals surface area contributed by atoms with Crippen molar-refractivity contribution in [2.45, 2.75) is 19.3 Å². The standard InChI is InChI=1S/C48H34N4/c1-48(2)40-24-10-12-26-43(40)52-42-25-11-9-23-38(42)39-29-37(30-41(48)44(39)52)35-21-13-19-33(27-35)34-20-14-22-36(28-34)47-50-45(31-15-5-3-6-16-31)49-46(51-47)32-17-7-4-8-18-32/h3-30H,1-2H3. The van der Waals surface area contributed by atoms with Crippen molar-refractivity contribution >= 4 is 21.8 Å². The molecule has 10 rings (SSSR count). The summed E-state index contributed by atoms with van der Waals surface area (Å²) in [5, 5.41) is 2.57. The first kappa shape index (κ1) is 30.2. The fraction of sp³-hybridized carbons (Fsp3) is 0.0625. The highest BCUT2D eigenvalue weighted by atomic mass is 15.0. The summed E-state index contributed by atoms with van der Waals surface area (Å²) in [7, 11) is 0. The van der Waals surface area contributed by atoms with Gasteiger partial charge in [-0.25, -0.2) is 15.0 Å². The number of rotatable bonds is 5. The van der Waals surface area contributed by atoms with Gasteiger partial charge in [0.05, 0.1) is 16.7 Å². The van der Waals surface area contributed by atoms with Gasteiger partial charge in [-0.2, -0.15) is 0 Å². The molecule has 1 aliphatic rings. The number of hydrogen-bond donors (Lipinski definition) is 0. The van der Waals surface area contributed by atoms with Crippen molar-refractivity contribution in [3.8, 4) is 62.1 Å². The van der Waals surface area contributed by atoms with Crippen LogP contribution in [0, 0.1) is 0 Å². The maximum Gasteiger partial charge on any atom is 0.164 e. The van der Waals surface area contributed by atoms with Gasteiger partial charge in [-0.15, -0.1) is 0 Å². The van der Waals surface area contributed by atoms with Crippen LogP contribution in [0.15, 0.2) is 170 Å². The summed E-state index contributed by atoms with van der Waals surface area (Å²) in [6.07, 6.45) is 0. The minimum absolute atomic E-state index is 0.164. The monoisotopic (exact) mass is 666 g/mol. The second-order valence-corrected chi connectivity index (χ2v) is 14.1. The van der Waals surface area contributed by atoms with Crippen LogP contribution in [0.3, 0.4) is 0 Å². The summed E-state index contributed by atoms with van der Waals surface area (Å²) in [5.41, 5.74) is 13.9. The zero-order chi connectivity index (χ0) is 34.8. The van der Waals surface area contributed by atoms with Gasteiger partial charge in [0, 0.05) is 32.9 Å². The van der Waals surface area contributed by atoms with Crippen LogP contribution in [0.5, 0.6) is 0 Å². The van der Waals surface area contributed by atoms with Gasteiger partial charge in [0.15, 0.2) is 17.5 Å². The fourth-order valence-electron chi connectivity index (χ4n) is 7.99. The Morgan fingerprint density at radius 2 is 0.885 bits per heavy atom. The summed E-state index contributed by atoms with van der Waals surface area (Å²) in [6.45, 7) is 4.72. The van der Waals surface area contributed by atoms with E-state index >= 15 is 0 Å². The SMILES string of the molecule is CC1(C)c2ccccc2-n2c3ccccc3c3cc(-c4cccc(-c5cccc(-c6nc(-c7ccccc7)nc(-c7ccccc7)n6)c5)c4)cc1c32. The molecule has 0 amide bonds. The normalized spacial score (nSPS) is 13.0. The lowest BCUT2D eigenvalue weighted by molar-refractivity contribution is 0.630. The van der Waals surface area contributed by atoms with Crippen LogP contribution in [0.4, 0.5) is 0 Å². The van der Waals surface area contributed by atoms with Crippen LogP contribution in [0.1, 0.15) is 25.0 Å². The Labute approximate surface area is 302 Å². The topological polar surface area (TPSA) is 43.6 Å². The number of para-hydroxylation sites is 2. The highest BCUT2D eigenvalue weighted by Crippen LogP contribution is 2.49. The Hall–Kier alpha value is -6.65. The molecule has 3 heterocycles. The number of nitrogens with zero attached hydrogens (tertiary/aromatic N) is 4. The van der Waals surface area contributed by atoms with Gasteiger partial charge < -0.3 is 4.57 Å². The largest absolute Gasteiger partial charge is 0.309 e. The van der Waals surface area contributed by atoms with Crippen molar-refractivity contribution in [1.82, 2.24) is 19.5 Å². The smallest absolute Gasteiger partial charge is 0.164 e. The van der Waals surface area contributed by atoms with Gasteiger partial charge >= 0.3 is 0 Å². The maximum atomic E-state index is 4.99. The fourth-order valence-corrected chi connectivity index (χ4v) is 7.99. The molecule has 0 saturated carbocycles. The summed E-state index contributed by atoms with van der Waals surface area (Å²) >= 11 is 0. The van der Waals surface area contributed by atoms with E-state index < -0.39 is 0 Å². The van der Waals surface area contributed by atoms with Gasteiger partial charge in [-0.05, 0) is 69.8 Å². The molecule has 4 nitrogen and oxygen atoms in total. The van der Waals surface area contributed by atoms with Crippen molar-refractivity contribution in [1.29, 1.82) is 0 Å². The molecule has 0 saturated heterocycles. The molecule has 0 unspecified atom stereocenters. The molecule has 7 aromatic carbocycles. The molecule has 4 heteroatoms. The second-order valence-electron chi connectivity index (χ2n) is 14.1. The molecule has 246 valence electrons. The molecule has 9 aromatic rings. The molecule has 1 aliphatic heterocycles. The first-order valence-electron chi connectivity index (χ1n) is 17.8. The summed E-state index contributed by atoms with van der Waals surface area (Å²) in [5.74, 6) is 1.96. The molecular formula is C48H34N4. The first-order valence-corrected chi connectivity index (χ1v) is 17.8. The van der Waals surface area contributed by atoms with Gasteiger partial charge in [-0.1, -0.05) is 147 Å². The minimum atomic E-state index is -0.164. The van der Waals surface area contributed by atoms with Crippen LogP contribution in [-0.2, 0) is 5.41 Å². The highest BCUT2D eigenvalue weighted by molar-refractivity contribution is 6.13. The third-order valence-electron chi connectivity index (χ3n) is 10.6. The van der Waals surface area contributed by atoms with Crippen molar-refractivity contribution in [3.63, 3.8) is 0 Å². The molecule has 0 fully saturated rings. The van der Waals surface area contributed by atoms with Gasteiger partial charge in [0.2, 0.25) is 0 Å². The van der Waals surface area contributed by atoms with E-state index in [2.05, 4.69) is 128 Å². The first-order chi connectivity index (χ1) is 25.5. The van der Waals surface area contributed by atoms with E-state index in [0.29, 0.717) is 17.5 Å². The van der Waals surface area contributed by atoms with E-state index in [1.165, 1.54) is 49.7 Å². The average molecular weight is 667 g/mol. The molecule has 52 heavy (non-hydrogen) atoms. The quantitative estimate of drug-likeness (QED) is 0.184. The van der Waals surface area contributed by atoms with Gasteiger partial charge in [0.25, 0.3) is 0 Å². The van der Waals surface area contributed by atoms with Crippen LogP contribution in [0.25, 0.3) is 83.9 Å². The summed E-state index contributed by atoms with van der Waals surface area (Å²) in [4.78, 5) is 14.9. The van der Waals surface area contributed by atoms with Crippen LogP contribution in [0.2, 0.25) is 0 Å². The second kappa shape index (κ2) is 11.7. The van der Waals surface area contributed by atoms with E-state index in [1.807, 2.05) is 60.7 Å². The third kappa shape index (κ3) is 4.79. The Morgan fingerprint density at radius 3 is 1.56 bits per heavy atom. The average Bonchev–Trinajstić information content (AvgIpc) is 3.55. The van der Waals surface area contributed by atoms with Crippen molar-refractivity contribution in [2.75, 3.05) is 0 Å². The molecule has 0 aliphatic carbocycles. The molecule has 0 atom stereocenters. The lowest BCUT2D eigenvalue weighted by Gasteiger charge is -2.35. The van der Waals surface area contributed by atoms with Crippen molar-refractivity contribution < 1.29 is 0 Å². The highest BCUT2D eigenvalue weighted by Gasteiger charge is 2.35. The zero-order valence-electron chi connectivity index (χ0n) is 29.0. The van der Waals surface area contributed by atoms with Crippen LogP contribution >= 0.6 is 0 Å². The van der Waals surface area contributed by atoms with E-state index in [0.717, 1.165) is 27.8 Å². The molecule has 0 bridgehead atoms. The molecule has 0 spiro atoms. The van der Waals surface area contributed by atoms with Crippen LogP contribution < -0.4 is 0 Å².